The molecular formula is C41H63NO5S. The highest BCUT2D eigenvalue weighted by Crippen LogP contribution is 2.06. The molecule has 0 aromatic heterocycles. The van der Waals surface area contributed by atoms with Crippen molar-refractivity contribution in [1.29, 1.82) is 0 Å². The van der Waals surface area contributed by atoms with Crippen LogP contribution in [-0.2, 0) is 14.9 Å². The van der Waals surface area contributed by atoms with Gasteiger partial charge in [0.25, 0.3) is 10.1 Å². The van der Waals surface area contributed by atoms with Crippen molar-refractivity contribution in [3.05, 3.63) is 122 Å². The highest BCUT2D eigenvalue weighted by atomic mass is 32.2. The van der Waals surface area contributed by atoms with Crippen molar-refractivity contribution in [2.24, 2.45) is 0 Å². The van der Waals surface area contributed by atoms with E-state index in [0.717, 1.165) is 70.6 Å². The standard InChI is InChI=1S/C41H63NO5S/c1-3-5-7-9-11-13-15-16-17-18-19-20-21-22-23-24-25-26-27-29-31-33-35-37-41(44)42-39(38-48(45,46)47)40(43)36-34-32-30-28-14-12-10-8-6-4-2/h5-8,11,13-14,16-17,19-20,22-23,25-26,28-29,31,34,36,39-40,43H,3-4,9-10,12,15,18,21,24,27,30,32-33,35,37-38H2,1-2H3,(H,42,44)(H,45,46,47)/b7-5-,8-6+,13-11-,17-16-,20-19-,23-22-,26-25-,28-14+,31-29-,36-34+. The molecule has 6 nitrogen and oxygen atoms in total. The number of aliphatic hydroxyl groups is 1. The van der Waals surface area contributed by atoms with Crippen LogP contribution in [0.1, 0.15) is 110 Å². The minimum atomic E-state index is -4.38. The van der Waals surface area contributed by atoms with E-state index in [1.165, 1.54) is 6.08 Å². The molecule has 0 aliphatic carbocycles. The van der Waals surface area contributed by atoms with E-state index in [0.29, 0.717) is 19.3 Å². The number of rotatable bonds is 29. The summed E-state index contributed by atoms with van der Waals surface area (Å²) >= 11 is 0. The van der Waals surface area contributed by atoms with Gasteiger partial charge in [-0.3, -0.25) is 9.35 Å². The van der Waals surface area contributed by atoms with Gasteiger partial charge in [-0.1, -0.05) is 135 Å². The van der Waals surface area contributed by atoms with Crippen LogP contribution in [0.5, 0.6) is 0 Å². The zero-order chi connectivity index (χ0) is 35.4. The Hall–Kier alpha value is -3.26. The Kier molecular flexibility index (Phi) is 31.3. The number of hydrogen-bond acceptors (Lipinski definition) is 4. The van der Waals surface area contributed by atoms with Crippen molar-refractivity contribution in [1.82, 2.24) is 5.32 Å². The fourth-order valence-electron chi connectivity index (χ4n) is 4.30. The second kappa shape index (κ2) is 33.6. The first kappa shape index (κ1) is 44.7. The molecule has 0 spiro atoms. The highest BCUT2D eigenvalue weighted by Gasteiger charge is 2.24. The number of hydrogen-bond donors (Lipinski definition) is 3. The van der Waals surface area contributed by atoms with E-state index < -0.39 is 28.0 Å². The third-order valence-electron chi connectivity index (χ3n) is 6.86. The molecule has 1 amide bonds. The molecule has 0 saturated carbocycles. The molecule has 0 aliphatic rings. The summed E-state index contributed by atoms with van der Waals surface area (Å²) in [5, 5.41) is 13.0. The van der Waals surface area contributed by atoms with Crippen LogP contribution in [-0.4, -0.2) is 41.9 Å². The summed E-state index contributed by atoms with van der Waals surface area (Å²) in [6.45, 7) is 4.25. The molecule has 0 fully saturated rings. The summed E-state index contributed by atoms with van der Waals surface area (Å²) < 4.78 is 32.2. The van der Waals surface area contributed by atoms with E-state index in [4.69, 9.17) is 0 Å². The second-order valence-electron chi connectivity index (χ2n) is 11.4. The van der Waals surface area contributed by atoms with Crippen molar-refractivity contribution in [3.8, 4) is 0 Å². The maximum absolute atomic E-state index is 12.4. The van der Waals surface area contributed by atoms with Gasteiger partial charge in [-0.2, -0.15) is 8.42 Å². The lowest BCUT2D eigenvalue weighted by molar-refractivity contribution is -0.122. The van der Waals surface area contributed by atoms with Crippen LogP contribution in [0.25, 0.3) is 0 Å². The number of amides is 1. The lowest BCUT2D eigenvalue weighted by atomic mass is 10.1. The van der Waals surface area contributed by atoms with Crippen molar-refractivity contribution >= 4 is 16.0 Å². The van der Waals surface area contributed by atoms with Gasteiger partial charge < -0.3 is 10.4 Å². The van der Waals surface area contributed by atoms with Gasteiger partial charge in [0.05, 0.1) is 17.9 Å². The highest BCUT2D eigenvalue weighted by molar-refractivity contribution is 7.85. The summed E-state index contributed by atoms with van der Waals surface area (Å²) in [5.74, 6) is -1.11. The van der Waals surface area contributed by atoms with Gasteiger partial charge in [-0.25, -0.2) is 0 Å². The number of allylic oxidation sites excluding steroid dienone is 19. The number of aliphatic hydroxyl groups excluding tert-OH is 1. The van der Waals surface area contributed by atoms with Crippen LogP contribution < -0.4 is 5.32 Å². The van der Waals surface area contributed by atoms with Crippen molar-refractivity contribution in [2.45, 2.75) is 122 Å². The van der Waals surface area contributed by atoms with Crippen LogP contribution >= 0.6 is 0 Å². The molecule has 2 unspecified atom stereocenters. The van der Waals surface area contributed by atoms with Gasteiger partial charge in [0, 0.05) is 6.42 Å². The fourth-order valence-corrected chi connectivity index (χ4v) is 5.03. The van der Waals surface area contributed by atoms with Gasteiger partial charge in [0.1, 0.15) is 0 Å². The minimum absolute atomic E-state index is 0.195. The fraction of sp³-hybridized carbons (Fsp3) is 0.488. The number of unbranched alkanes of at least 4 members (excludes halogenated alkanes) is 3. The normalized spacial score (nSPS) is 14.8. The molecule has 0 saturated heterocycles. The van der Waals surface area contributed by atoms with E-state index in [-0.39, 0.29) is 12.3 Å². The van der Waals surface area contributed by atoms with E-state index >= 15 is 0 Å². The predicted octanol–water partition coefficient (Wildman–Crippen LogP) is 10.2. The maximum Gasteiger partial charge on any atom is 0.267 e. The van der Waals surface area contributed by atoms with E-state index in [9.17, 15) is 22.9 Å². The Balaban J connectivity index is 4.17. The van der Waals surface area contributed by atoms with Crippen LogP contribution in [0.3, 0.4) is 0 Å². The van der Waals surface area contributed by atoms with Crippen molar-refractivity contribution in [2.75, 3.05) is 5.75 Å². The summed E-state index contributed by atoms with van der Waals surface area (Å²) in [6.07, 6.45) is 53.4. The minimum Gasteiger partial charge on any atom is -0.387 e. The van der Waals surface area contributed by atoms with E-state index in [2.05, 4.69) is 122 Å². The molecule has 48 heavy (non-hydrogen) atoms. The molecule has 0 rings (SSSR count). The van der Waals surface area contributed by atoms with Gasteiger partial charge >= 0.3 is 0 Å². The van der Waals surface area contributed by atoms with Gasteiger partial charge in [0.2, 0.25) is 5.91 Å². The second-order valence-corrected chi connectivity index (χ2v) is 12.9. The first-order chi connectivity index (χ1) is 23.3. The monoisotopic (exact) mass is 681 g/mol. The predicted molar refractivity (Wildman–Crippen MR) is 206 cm³/mol. The van der Waals surface area contributed by atoms with E-state index in [1.54, 1.807) is 6.08 Å². The third kappa shape index (κ3) is 34.1. The largest absolute Gasteiger partial charge is 0.387 e. The molecule has 3 N–H and O–H groups in total. The topological polar surface area (TPSA) is 104 Å². The Labute approximate surface area is 293 Å². The molecule has 268 valence electrons. The molecule has 0 bridgehead atoms. The van der Waals surface area contributed by atoms with Crippen LogP contribution in [0.4, 0.5) is 0 Å². The van der Waals surface area contributed by atoms with Gasteiger partial charge in [-0.05, 0) is 89.9 Å². The quantitative estimate of drug-likeness (QED) is 0.0414. The maximum atomic E-state index is 12.4. The summed E-state index contributed by atoms with van der Waals surface area (Å²) in [7, 11) is -4.38. The Morgan fingerprint density at radius 1 is 0.562 bits per heavy atom. The van der Waals surface area contributed by atoms with Crippen LogP contribution in [0, 0.1) is 0 Å². The first-order valence-corrected chi connectivity index (χ1v) is 19.3. The summed E-state index contributed by atoms with van der Waals surface area (Å²) in [6, 6.07) is -1.12. The lowest BCUT2D eigenvalue weighted by Crippen LogP contribution is -2.46. The van der Waals surface area contributed by atoms with Crippen molar-refractivity contribution in [3.63, 3.8) is 0 Å². The molecule has 7 heteroatoms. The van der Waals surface area contributed by atoms with Crippen LogP contribution in [0.2, 0.25) is 0 Å². The van der Waals surface area contributed by atoms with Gasteiger partial charge in [0.15, 0.2) is 0 Å². The third-order valence-corrected chi connectivity index (χ3v) is 7.64. The van der Waals surface area contributed by atoms with Crippen molar-refractivity contribution < 1.29 is 22.9 Å². The SMILES string of the molecule is CC/C=C\C/C=C\C/C=C\C/C=C\C/C=C\C/C=C\C/C=C\CCCC(=O)NC(CS(=O)(=O)O)C(O)/C=C/CC/C=C/CC/C=C/CC. The Morgan fingerprint density at radius 3 is 1.35 bits per heavy atom. The number of carbonyl (C=O) groups is 1. The Bertz CT molecular complexity index is 1200. The molecular weight excluding hydrogens is 619 g/mol. The average Bonchev–Trinajstić information content (AvgIpc) is 3.05. The summed E-state index contributed by atoms with van der Waals surface area (Å²) in [5.41, 5.74) is 0. The zero-order valence-corrected chi connectivity index (χ0v) is 30.4. The molecule has 0 aliphatic heterocycles. The smallest absolute Gasteiger partial charge is 0.267 e. The zero-order valence-electron chi connectivity index (χ0n) is 29.5. The summed E-state index contributed by atoms with van der Waals surface area (Å²) in [4.78, 5) is 12.4. The number of nitrogens with one attached hydrogen (secondary N) is 1. The van der Waals surface area contributed by atoms with E-state index in [1.807, 2.05) is 6.08 Å². The molecule has 2 atom stereocenters. The van der Waals surface area contributed by atoms with Gasteiger partial charge in [-0.15, -0.1) is 0 Å². The van der Waals surface area contributed by atoms with Crippen LogP contribution in [0.15, 0.2) is 122 Å². The molecule has 0 aromatic rings. The lowest BCUT2D eigenvalue weighted by Gasteiger charge is -2.21. The Morgan fingerprint density at radius 2 is 0.917 bits per heavy atom. The molecule has 0 heterocycles. The molecule has 0 radical (unpaired) electrons. The number of carbonyl (C=O) groups excluding carboxylic acids is 1. The molecule has 0 aromatic carbocycles. The first-order valence-electron chi connectivity index (χ1n) is 17.7. The average molecular weight is 682 g/mol.